The van der Waals surface area contributed by atoms with Crippen LogP contribution in [0.1, 0.15) is 56.5 Å². The summed E-state index contributed by atoms with van der Waals surface area (Å²) in [6.45, 7) is 7.47. The first-order valence-corrected chi connectivity index (χ1v) is 13.6. The molecule has 0 fully saturated rings. The third-order valence-electron chi connectivity index (χ3n) is 5.82. The van der Waals surface area contributed by atoms with E-state index in [0.29, 0.717) is 36.2 Å². The molecule has 0 spiro atoms. The second-order valence-electron chi connectivity index (χ2n) is 8.64. The number of aromatic nitrogens is 7. The molecule has 4 heterocycles. The van der Waals surface area contributed by atoms with Crippen LogP contribution in [0.2, 0.25) is 0 Å². The van der Waals surface area contributed by atoms with Crippen LogP contribution in [0.5, 0.6) is 5.88 Å². The lowest BCUT2D eigenvalue weighted by atomic mass is 10.2. The van der Waals surface area contributed by atoms with Crippen LogP contribution in [0.25, 0.3) is 11.5 Å². The van der Waals surface area contributed by atoms with Gasteiger partial charge in [-0.25, -0.2) is 23.4 Å². The second kappa shape index (κ2) is 11.6. The van der Waals surface area contributed by atoms with E-state index < -0.39 is 27.4 Å². The molecule has 38 heavy (non-hydrogen) atoms. The van der Waals surface area contributed by atoms with Crippen LogP contribution in [0.4, 0.5) is 5.95 Å². The molecule has 4 aromatic rings. The Bertz CT molecular complexity index is 1440. The van der Waals surface area contributed by atoms with Gasteiger partial charge in [0, 0.05) is 31.1 Å². The van der Waals surface area contributed by atoms with Gasteiger partial charge >= 0.3 is 0 Å². The number of methoxy groups -OCH3 is 1. The fraction of sp³-hybridized carbons (Fsp3) is 0.417. The topological polar surface area (TPSA) is 160 Å². The summed E-state index contributed by atoms with van der Waals surface area (Å²) in [6, 6.07) is 6.32. The van der Waals surface area contributed by atoms with E-state index in [2.05, 4.69) is 35.0 Å². The fourth-order valence-corrected chi connectivity index (χ4v) is 4.83. The van der Waals surface area contributed by atoms with Gasteiger partial charge in [-0.05, 0) is 38.8 Å². The van der Waals surface area contributed by atoms with E-state index in [1.807, 2.05) is 20.8 Å². The molecule has 13 nitrogen and oxygen atoms in total. The first-order chi connectivity index (χ1) is 18.2. The van der Waals surface area contributed by atoms with Crippen LogP contribution in [0, 0.1) is 6.92 Å². The zero-order valence-electron chi connectivity index (χ0n) is 21.8. The number of hydrogen-bond acceptors (Lipinski definition) is 11. The molecule has 0 saturated carbocycles. The summed E-state index contributed by atoms with van der Waals surface area (Å²) in [6.07, 6.45) is 4.54. The van der Waals surface area contributed by atoms with Gasteiger partial charge in [0.2, 0.25) is 21.9 Å². The van der Waals surface area contributed by atoms with Gasteiger partial charge < -0.3 is 14.0 Å². The Hall–Kier alpha value is -3.91. The predicted molar refractivity (Wildman–Crippen MR) is 138 cm³/mol. The van der Waals surface area contributed by atoms with Gasteiger partial charge in [-0.3, -0.25) is 9.29 Å². The molecule has 4 rings (SSSR count). The van der Waals surface area contributed by atoms with Crippen molar-refractivity contribution >= 4 is 16.0 Å². The average Bonchev–Trinajstić information content (AvgIpc) is 3.60. The lowest BCUT2D eigenvalue weighted by molar-refractivity contribution is 0.0466. The number of nitrogens with one attached hydrogen (secondary N) is 1. The molecule has 14 heteroatoms. The van der Waals surface area contributed by atoms with Crippen molar-refractivity contribution in [3.8, 4) is 17.4 Å². The Morgan fingerprint density at radius 3 is 2.55 bits per heavy atom. The van der Waals surface area contributed by atoms with Crippen molar-refractivity contribution < 1.29 is 22.4 Å². The van der Waals surface area contributed by atoms with E-state index >= 15 is 0 Å². The summed E-state index contributed by atoms with van der Waals surface area (Å²) in [5.41, 5.74) is 1.28. The zero-order valence-corrected chi connectivity index (χ0v) is 22.6. The number of nitrogens with zero attached hydrogens (tertiary/aromatic N) is 7. The third-order valence-corrected chi connectivity index (χ3v) is 7.51. The minimum atomic E-state index is -4.08. The fourth-order valence-electron chi connectivity index (χ4n) is 3.72. The van der Waals surface area contributed by atoms with Gasteiger partial charge in [0.1, 0.15) is 17.0 Å². The lowest BCUT2D eigenvalue weighted by Crippen LogP contribution is -2.34. The maximum atomic E-state index is 13.7. The van der Waals surface area contributed by atoms with Crippen molar-refractivity contribution in [1.82, 2.24) is 34.9 Å². The standard InChI is InChI=1S/C24H30N8O5S/c1-6-12-36-21(22-25-13-15(2)14-26-22)17(4)38(33,34)31-24-30-29-23(18-8-7-9-20(28-18)35-5)32(24)16(3)19-10-11-27-37-19/h7-11,13-14,16-17,21H,6,12H2,1-5H3,(H,30,31)/t16-,17-,21+/m0/s1. The van der Waals surface area contributed by atoms with Gasteiger partial charge in [-0.1, -0.05) is 18.1 Å². The smallest absolute Gasteiger partial charge is 0.240 e. The van der Waals surface area contributed by atoms with E-state index in [1.54, 1.807) is 41.2 Å². The molecule has 0 aliphatic carbocycles. The number of aryl methyl sites for hydroxylation is 1. The first kappa shape index (κ1) is 27.1. The zero-order chi connectivity index (χ0) is 27.3. The number of pyridine rings is 1. The van der Waals surface area contributed by atoms with Gasteiger partial charge in [-0.15, -0.1) is 10.2 Å². The van der Waals surface area contributed by atoms with Crippen LogP contribution in [0.3, 0.4) is 0 Å². The second-order valence-corrected chi connectivity index (χ2v) is 10.7. The highest BCUT2D eigenvalue weighted by atomic mass is 32.2. The molecule has 3 atom stereocenters. The largest absolute Gasteiger partial charge is 0.481 e. The Kier molecular flexibility index (Phi) is 8.32. The van der Waals surface area contributed by atoms with Crippen molar-refractivity contribution in [1.29, 1.82) is 0 Å². The SMILES string of the molecule is CCCO[C@@H](c1ncc(C)cn1)[C@H](C)S(=O)(=O)Nc1nnc(-c2cccc(OC)n2)n1[C@@H](C)c1ccno1. The highest BCUT2D eigenvalue weighted by molar-refractivity contribution is 7.93. The highest BCUT2D eigenvalue weighted by Crippen LogP contribution is 2.31. The molecular weight excluding hydrogens is 512 g/mol. The minimum absolute atomic E-state index is 0.0283. The third kappa shape index (κ3) is 5.81. The summed E-state index contributed by atoms with van der Waals surface area (Å²) in [5.74, 6) is 1.40. The van der Waals surface area contributed by atoms with E-state index in [4.69, 9.17) is 14.0 Å². The van der Waals surface area contributed by atoms with Crippen LogP contribution in [-0.2, 0) is 14.8 Å². The molecule has 0 aliphatic heterocycles. The Morgan fingerprint density at radius 1 is 1.13 bits per heavy atom. The van der Waals surface area contributed by atoms with Crippen LogP contribution in [0.15, 0.2) is 47.4 Å². The average molecular weight is 543 g/mol. The minimum Gasteiger partial charge on any atom is -0.481 e. The number of hydrogen-bond donors (Lipinski definition) is 1. The molecule has 0 amide bonds. The molecule has 202 valence electrons. The van der Waals surface area contributed by atoms with Crippen molar-refractivity contribution in [3.05, 3.63) is 60.0 Å². The lowest BCUT2D eigenvalue weighted by Gasteiger charge is -2.24. The Balaban J connectivity index is 1.73. The van der Waals surface area contributed by atoms with Gasteiger partial charge in [-0.2, -0.15) is 0 Å². The number of anilines is 1. The number of sulfonamides is 1. The Morgan fingerprint density at radius 2 is 1.89 bits per heavy atom. The molecular formula is C24H30N8O5S. The summed E-state index contributed by atoms with van der Waals surface area (Å²) in [7, 11) is -2.57. The highest BCUT2D eigenvalue weighted by Gasteiger charge is 2.35. The van der Waals surface area contributed by atoms with Crippen molar-refractivity contribution in [3.63, 3.8) is 0 Å². The number of rotatable bonds is 12. The molecule has 1 N–H and O–H groups in total. The van der Waals surface area contributed by atoms with Crippen LogP contribution < -0.4 is 9.46 Å². The predicted octanol–water partition coefficient (Wildman–Crippen LogP) is 3.34. The normalized spacial score (nSPS) is 14.1. The molecule has 0 saturated heterocycles. The van der Waals surface area contributed by atoms with Gasteiger partial charge in [0.15, 0.2) is 17.4 Å². The van der Waals surface area contributed by atoms with E-state index in [9.17, 15) is 8.42 Å². The van der Waals surface area contributed by atoms with Crippen LogP contribution >= 0.6 is 0 Å². The van der Waals surface area contributed by atoms with Gasteiger partial charge in [0.25, 0.3) is 0 Å². The van der Waals surface area contributed by atoms with Crippen molar-refractivity contribution in [2.45, 2.75) is 51.5 Å². The summed E-state index contributed by atoms with van der Waals surface area (Å²) in [5, 5.41) is 11.1. The summed E-state index contributed by atoms with van der Waals surface area (Å²) >= 11 is 0. The maximum Gasteiger partial charge on any atom is 0.240 e. The summed E-state index contributed by atoms with van der Waals surface area (Å²) < 4.78 is 48.0. The monoisotopic (exact) mass is 542 g/mol. The summed E-state index contributed by atoms with van der Waals surface area (Å²) in [4.78, 5) is 13.1. The number of ether oxygens (including phenoxy) is 2. The molecule has 0 unspecified atom stereocenters. The van der Waals surface area contributed by atoms with Gasteiger partial charge in [0.05, 0.1) is 19.3 Å². The Labute approximate surface area is 220 Å². The van der Waals surface area contributed by atoms with E-state index in [-0.39, 0.29) is 11.8 Å². The van der Waals surface area contributed by atoms with Crippen molar-refractivity contribution in [2.75, 3.05) is 18.4 Å². The molecule has 4 aromatic heterocycles. The first-order valence-electron chi connectivity index (χ1n) is 12.0. The molecule has 0 bridgehead atoms. The van der Waals surface area contributed by atoms with Crippen LogP contribution in [-0.4, -0.2) is 62.3 Å². The molecule has 0 aromatic carbocycles. The molecule has 0 radical (unpaired) electrons. The van der Waals surface area contributed by atoms with E-state index in [1.165, 1.54) is 20.2 Å². The maximum absolute atomic E-state index is 13.7. The quantitative estimate of drug-likeness (QED) is 0.279. The van der Waals surface area contributed by atoms with E-state index in [0.717, 1.165) is 5.56 Å². The molecule has 0 aliphatic rings. The van der Waals surface area contributed by atoms with Crippen molar-refractivity contribution in [2.24, 2.45) is 0 Å².